The lowest BCUT2D eigenvalue weighted by atomic mass is 9.83. The maximum Gasteiger partial charge on any atom is 0.344 e. The van der Waals surface area contributed by atoms with E-state index < -0.39 is 17.5 Å². The number of esters is 1. The van der Waals surface area contributed by atoms with E-state index in [-0.39, 0.29) is 29.4 Å². The number of fused-ring (bicyclic) bond motifs is 3. The fourth-order valence-electron chi connectivity index (χ4n) is 3.50. The third kappa shape index (κ3) is 3.10. The number of carbonyl (C=O) groups excluding carboxylic acids is 1. The molecule has 0 saturated carbocycles. The normalized spacial score (nSPS) is 15.6. The van der Waals surface area contributed by atoms with Crippen LogP contribution in [-0.2, 0) is 9.53 Å². The van der Waals surface area contributed by atoms with Gasteiger partial charge in [0, 0.05) is 0 Å². The summed E-state index contributed by atoms with van der Waals surface area (Å²) in [5.41, 5.74) is 6.84. The number of methoxy groups -OCH3 is 1. The molecule has 3 aromatic rings. The summed E-state index contributed by atoms with van der Waals surface area (Å²) in [6, 6.07) is 14.0. The SMILES string of the molecule is CCOC(=O)C1=C(N)Oc2c(c(=O)oc3ccccc23)[C@@H]1c1ccc(OC)cc1. The van der Waals surface area contributed by atoms with Gasteiger partial charge in [-0.25, -0.2) is 9.59 Å². The lowest BCUT2D eigenvalue weighted by Crippen LogP contribution is -2.31. The first kappa shape index (κ1) is 18.6. The molecule has 29 heavy (non-hydrogen) atoms. The van der Waals surface area contributed by atoms with Crippen LogP contribution in [0.15, 0.2) is 69.2 Å². The van der Waals surface area contributed by atoms with Gasteiger partial charge >= 0.3 is 11.6 Å². The summed E-state index contributed by atoms with van der Waals surface area (Å²) in [7, 11) is 1.56. The lowest BCUT2D eigenvalue weighted by molar-refractivity contribution is -0.139. The van der Waals surface area contributed by atoms with Crippen molar-refractivity contribution < 1.29 is 23.4 Å². The Balaban J connectivity index is 2.01. The summed E-state index contributed by atoms with van der Waals surface area (Å²) in [6.45, 7) is 1.85. The van der Waals surface area contributed by atoms with Gasteiger partial charge in [-0.05, 0) is 36.8 Å². The van der Waals surface area contributed by atoms with Gasteiger partial charge < -0.3 is 24.4 Å². The second-order valence-corrected chi connectivity index (χ2v) is 6.44. The lowest BCUT2D eigenvalue weighted by Gasteiger charge is -2.28. The number of benzene rings is 2. The maximum absolute atomic E-state index is 12.9. The molecule has 0 spiro atoms. The van der Waals surface area contributed by atoms with Gasteiger partial charge in [0.2, 0.25) is 5.88 Å². The summed E-state index contributed by atoms with van der Waals surface area (Å²) in [5, 5.41) is 0.589. The fourth-order valence-corrected chi connectivity index (χ4v) is 3.50. The summed E-state index contributed by atoms with van der Waals surface area (Å²) in [5.74, 6) is -0.634. The molecule has 1 aromatic heterocycles. The van der Waals surface area contributed by atoms with E-state index in [0.29, 0.717) is 22.3 Å². The molecular formula is C22H19NO6. The Bertz CT molecular complexity index is 1180. The number of hydrogen-bond donors (Lipinski definition) is 1. The van der Waals surface area contributed by atoms with E-state index in [1.165, 1.54) is 0 Å². The first-order valence-corrected chi connectivity index (χ1v) is 9.09. The van der Waals surface area contributed by atoms with Crippen molar-refractivity contribution in [3.63, 3.8) is 0 Å². The largest absolute Gasteiger partial charge is 0.497 e. The van der Waals surface area contributed by atoms with Crippen LogP contribution in [0.2, 0.25) is 0 Å². The van der Waals surface area contributed by atoms with Crippen LogP contribution in [0.25, 0.3) is 11.0 Å². The third-order valence-electron chi connectivity index (χ3n) is 4.80. The van der Waals surface area contributed by atoms with Gasteiger partial charge in [0.1, 0.15) is 16.9 Å². The average molecular weight is 393 g/mol. The van der Waals surface area contributed by atoms with Crippen molar-refractivity contribution in [1.29, 1.82) is 0 Å². The van der Waals surface area contributed by atoms with Gasteiger partial charge in [0.05, 0.1) is 30.6 Å². The minimum atomic E-state index is -0.801. The highest BCUT2D eigenvalue weighted by atomic mass is 16.5. The van der Waals surface area contributed by atoms with E-state index in [0.717, 1.165) is 0 Å². The zero-order chi connectivity index (χ0) is 20.5. The number of hydrogen-bond acceptors (Lipinski definition) is 7. The van der Waals surface area contributed by atoms with Gasteiger partial charge in [-0.15, -0.1) is 0 Å². The Hall–Kier alpha value is -3.74. The second kappa shape index (κ2) is 7.35. The molecule has 7 heteroatoms. The van der Waals surface area contributed by atoms with Crippen molar-refractivity contribution in [1.82, 2.24) is 0 Å². The Kier molecular flexibility index (Phi) is 4.72. The van der Waals surface area contributed by atoms with Crippen LogP contribution in [-0.4, -0.2) is 19.7 Å². The molecule has 4 rings (SSSR count). The monoisotopic (exact) mass is 393 g/mol. The van der Waals surface area contributed by atoms with Crippen molar-refractivity contribution in [3.05, 3.63) is 81.5 Å². The van der Waals surface area contributed by atoms with Gasteiger partial charge in [0.25, 0.3) is 0 Å². The molecule has 0 unspecified atom stereocenters. The Labute approximate surface area is 166 Å². The van der Waals surface area contributed by atoms with E-state index in [1.54, 1.807) is 62.6 Å². The molecular weight excluding hydrogens is 374 g/mol. The van der Waals surface area contributed by atoms with Crippen LogP contribution >= 0.6 is 0 Å². The molecule has 2 aromatic carbocycles. The summed E-state index contributed by atoms with van der Waals surface area (Å²) in [4.78, 5) is 25.6. The highest BCUT2D eigenvalue weighted by Crippen LogP contribution is 2.44. The molecule has 1 atom stereocenters. The molecule has 0 fully saturated rings. The van der Waals surface area contributed by atoms with E-state index >= 15 is 0 Å². The van der Waals surface area contributed by atoms with Crippen LogP contribution in [0.3, 0.4) is 0 Å². The van der Waals surface area contributed by atoms with Crippen molar-refractivity contribution in [2.75, 3.05) is 13.7 Å². The Morgan fingerprint density at radius 3 is 2.55 bits per heavy atom. The molecule has 0 bridgehead atoms. The number of ether oxygens (including phenoxy) is 3. The summed E-state index contributed by atoms with van der Waals surface area (Å²) in [6.07, 6.45) is 0. The molecule has 0 aliphatic carbocycles. The molecule has 0 saturated heterocycles. The topological polar surface area (TPSA) is 101 Å². The minimum Gasteiger partial charge on any atom is -0.497 e. The fraction of sp³-hybridized carbons (Fsp3) is 0.182. The molecule has 1 aliphatic rings. The second-order valence-electron chi connectivity index (χ2n) is 6.44. The third-order valence-corrected chi connectivity index (χ3v) is 4.80. The predicted molar refractivity (Wildman–Crippen MR) is 106 cm³/mol. The van der Waals surface area contributed by atoms with E-state index in [1.807, 2.05) is 0 Å². The number of para-hydroxylation sites is 1. The standard InChI is InChI=1S/C22H19NO6/c1-3-27-21(24)18-16(12-8-10-13(26-2)11-9-12)17-19(29-20(18)23)14-6-4-5-7-15(14)28-22(17)25/h4-11,16H,3,23H2,1-2H3/t16-/m0/s1. The average Bonchev–Trinajstić information content (AvgIpc) is 2.73. The molecule has 7 nitrogen and oxygen atoms in total. The highest BCUT2D eigenvalue weighted by molar-refractivity contribution is 5.94. The van der Waals surface area contributed by atoms with Crippen molar-refractivity contribution in [2.24, 2.45) is 5.73 Å². The first-order chi connectivity index (χ1) is 14.0. The first-order valence-electron chi connectivity index (χ1n) is 9.09. The van der Waals surface area contributed by atoms with Crippen molar-refractivity contribution in [2.45, 2.75) is 12.8 Å². The van der Waals surface area contributed by atoms with Crippen LogP contribution in [0.5, 0.6) is 11.5 Å². The highest BCUT2D eigenvalue weighted by Gasteiger charge is 2.39. The molecule has 0 amide bonds. The molecule has 2 heterocycles. The van der Waals surface area contributed by atoms with Gasteiger partial charge in [-0.1, -0.05) is 24.3 Å². The van der Waals surface area contributed by atoms with Gasteiger partial charge in [-0.2, -0.15) is 0 Å². The van der Waals surface area contributed by atoms with E-state index in [4.69, 9.17) is 24.4 Å². The Morgan fingerprint density at radius 2 is 1.86 bits per heavy atom. The number of carbonyl (C=O) groups is 1. The molecule has 1 aliphatic heterocycles. The zero-order valence-corrected chi connectivity index (χ0v) is 15.9. The van der Waals surface area contributed by atoms with E-state index in [2.05, 4.69) is 0 Å². The van der Waals surface area contributed by atoms with Gasteiger partial charge in [-0.3, -0.25) is 0 Å². The zero-order valence-electron chi connectivity index (χ0n) is 15.9. The molecule has 148 valence electrons. The minimum absolute atomic E-state index is 0.0621. The van der Waals surface area contributed by atoms with Crippen LogP contribution < -0.4 is 20.8 Å². The quantitative estimate of drug-likeness (QED) is 0.537. The van der Waals surface area contributed by atoms with Crippen LogP contribution in [0.1, 0.15) is 24.0 Å². The molecule has 0 radical (unpaired) electrons. The van der Waals surface area contributed by atoms with Crippen molar-refractivity contribution >= 4 is 16.9 Å². The molecule has 2 N–H and O–H groups in total. The van der Waals surface area contributed by atoms with Crippen LogP contribution in [0.4, 0.5) is 0 Å². The van der Waals surface area contributed by atoms with Gasteiger partial charge in [0.15, 0.2) is 5.75 Å². The summed E-state index contributed by atoms with van der Waals surface area (Å²) >= 11 is 0. The van der Waals surface area contributed by atoms with Crippen molar-refractivity contribution in [3.8, 4) is 11.5 Å². The number of nitrogens with two attached hydrogens (primary N) is 1. The predicted octanol–water partition coefficient (Wildman–Crippen LogP) is 3.06. The number of rotatable bonds is 4. The van der Waals surface area contributed by atoms with Crippen LogP contribution in [0, 0.1) is 0 Å². The van der Waals surface area contributed by atoms with E-state index in [9.17, 15) is 9.59 Å². The summed E-state index contributed by atoms with van der Waals surface area (Å²) < 4.78 is 21.7. The Morgan fingerprint density at radius 1 is 1.14 bits per heavy atom. The smallest absolute Gasteiger partial charge is 0.344 e. The maximum atomic E-state index is 12.9.